The fraction of sp³-hybridized carbons (Fsp3) is 0.167. The van der Waals surface area contributed by atoms with E-state index in [1.165, 1.54) is 4.68 Å². The van der Waals surface area contributed by atoms with Crippen LogP contribution >= 0.6 is 34.8 Å². The lowest BCUT2D eigenvalue weighted by Gasteiger charge is -2.07. The molecule has 3 rings (SSSR count). The minimum Gasteiger partial charge on any atom is -0.383 e. The molecule has 1 N–H and O–H groups in total. The maximum atomic E-state index is 12.3. The van der Waals surface area contributed by atoms with Crippen molar-refractivity contribution < 1.29 is 9.53 Å². The van der Waals surface area contributed by atoms with Crippen molar-refractivity contribution in [1.82, 2.24) is 20.1 Å². The summed E-state index contributed by atoms with van der Waals surface area (Å²) in [6.45, 7) is 0.746. The minimum absolute atomic E-state index is 0.0297. The molecule has 0 unspecified atom stereocenters. The molecule has 0 aliphatic rings. The lowest BCUT2D eigenvalue weighted by molar-refractivity contribution is 0.0927. The van der Waals surface area contributed by atoms with Crippen molar-refractivity contribution in [2.75, 3.05) is 20.3 Å². The Hall–Kier alpha value is -2.12. The summed E-state index contributed by atoms with van der Waals surface area (Å²) >= 11 is 18.1. The van der Waals surface area contributed by atoms with E-state index in [1.807, 2.05) is 0 Å². The fourth-order valence-corrected chi connectivity index (χ4v) is 2.75. The van der Waals surface area contributed by atoms with Gasteiger partial charge in [0.15, 0.2) is 5.82 Å². The van der Waals surface area contributed by atoms with Crippen LogP contribution in [-0.4, -0.2) is 40.9 Å². The second-order valence-corrected chi connectivity index (χ2v) is 6.78. The second kappa shape index (κ2) is 8.71. The number of halogens is 3. The van der Waals surface area contributed by atoms with Gasteiger partial charge in [-0.2, -0.15) is 0 Å². The molecule has 27 heavy (non-hydrogen) atoms. The van der Waals surface area contributed by atoms with Crippen molar-refractivity contribution in [2.24, 2.45) is 0 Å². The fourth-order valence-electron chi connectivity index (χ4n) is 2.34. The summed E-state index contributed by atoms with van der Waals surface area (Å²) < 4.78 is 6.47. The van der Waals surface area contributed by atoms with E-state index in [1.54, 1.807) is 49.6 Å². The van der Waals surface area contributed by atoms with E-state index in [9.17, 15) is 4.79 Å². The number of carbonyl (C=O) groups is 1. The molecule has 1 amide bonds. The lowest BCUT2D eigenvalue weighted by Crippen LogP contribution is -2.28. The van der Waals surface area contributed by atoms with Crippen molar-refractivity contribution in [3.8, 4) is 17.1 Å². The first-order chi connectivity index (χ1) is 13.0. The molecular weight excluding hydrogens is 411 g/mol. The standard InChI is InChI=1S/C18H15Cl3N4O2/c1-27-9-8-22-18(26)16-23-17(11-2-4-12(19)5-3-11)25(24-16)13-6-7-14(20)15(21)10-13/h2-7,10H,8-9H2,1H3,(H,22,26). The monoisotopic (exact) mass is 424 g/mol. The first-order valence-corrected chi connectivity index (χ1v) is 9.08. The quantitative estimate of drug-likeness (QED) is 0.599. The van der Waals surface area contributed by atoms with Gasteiger partial charge in [0.05, 0.1) is 22.3 Å². The lowest BCUT2D eigenvalue weighted by atomic mass is 10.2. The molecule has 0 saturated carbocycles. The number of nitrogens with one attached hydrogen (secondary N) is 1. The smallest absolute Gasteiger partial charge is 0.291 e. The summed E-state index contributed by atoms with van der Waals surface area (Å²) in [5, 5.41) is 8.44. The molecule has 140 valence electrons. The topological polar surface area (TPSA) is 69.0 Å². The number of benzene rings is 2. The van der Waals surface area contributed by atoms with E-state index in [2.05, 4.69) is 15.4 Å². The molecule has 6 nitrogen and oxygen atoms in total. The Morgan fingerprint density at radius 2 is 1.85 bits per heavy atom. The van der Waals surface area contributed by atoms with E-state index in [0.717, 1.165) is 5.56 Å². The van der Waals surface area contributed by atoms with E-state index < -0.39 is 5.91 Å². The predicted octanol–water partition coefficient (Wildman–Crippen LogP) is 4.27. The van der Waals surface area contributed by atoms with Crippen LogP contribution in [0.3, 0.4) is 0 Å². The van der Waals surface area contributed by atoms with Crippen LogP contribution in [0.25, 0.3) is 17.1 Å². The van der Waals surface area contributed by atoms with Crippen molar-refractivity contribution in [3.63, 3.8) is 0 Å². The number of amides is 1. The molecule has 3 aromatic rings. The maximum Gasteiger partial charge on any atom is 0.291 e. The summed E-state index contributed by atoms with van der Waals surface area (Å²) in [6.07, 6.45) is 0. The Morgan fingerprint density at radius 3 is 2.52 bits per heavy atom. The van der Waals surface area contributed by atoms with Crippen LogP contribution in [0.15, 0.2) is 42.5 Å². The highest BCUT2D eigenvalue weighted by atomic mass is 35.5. The van der Waals surface area contributed by atoms with E-state index in [-0.39, 0.29) is 5.82 Å². The van der Waals surface area contributed by atoms with Crippen LogP contribution in [0.1, 0.15) is 10.6 Å². The first kappa shape index (κ1) is 19.6. The highest BCUT2D eigenvalue weighted by molar-refractivity contribution is 6.42. The highest BCUT2D eigenvalue weighted by Gasteiger charge is 2.19. The van der Waals surface area contributed by atoms with Crippen LogP contribution in [0.2, 0.25) is 15.1 Å². The zero-order valence-electron chi connectivity index (χ0n) is 14.2. The summed E-state index contributed by atoms with van der Waals surface area (Å²) in [5.41, 5.74) is 1.37. The minimum atomic E-state index is -0.402. The highest BCUT2D eigenvalue weighted by Crippen LogP contribution is 2.27. The number of ether oxygens (including phenoxy) is 1. The SMILES string of the molecule is COCCNC(=O)c1nc(-c2ccc(Cl)cc2)n(-c2ccc(Cl)c(Cl)c2)n1. The summed E-state index contributed by atoms with van der Waals surface area (Å²) in [5.74, 6) is 0.102. The Labute approximate surface area is 171 Å². The van der Waals surface area contributed by atoms with Crippen molar-refractivity contribution in [1.29, 1.82) is 0 Å². The number of hydrogen-bond donors (Lipinski definition) is 1. The largest absolute Gasteiger partial charge is 0.383 e. The third kappa shape index (κ3) is 4.59. The zero-order valence-corrected chi connectivity index (χ0v) is 16.5. The molecule has 0 radical (unpaired) electrons. The maximum absolute atomic E-state index is 12.3. The number of carbonyl (C=O) groups excluding carboxylic acids is 1. The number of methoxy groups -OCH3 is 1. The van der Waals surface area contributed by atoms with Crippen LogP contribution in [-0.2, 0) is 4.74 Å². The first-order valence-electron chi connectivity index (χ1n) is 7.95. The van der Waals surface area contributed by atoms with Gasteiger partial charge in [0.1, 0.15) is 0 Å². The summed E-state index contributed by atoms with van der Waals surface area (Å²) in [4.78, 5) is 16.7. The van der Waals surface area contributed by atoms with Crippen LogP contribution < -0.4 is 5.32 Å². The third-order valence-electron chi connectivity index (χ3n) is 3.65. The van der Waals surface area contributed by atoms with Crippen LogP contribution in [0.5, 0.6) is 0 Å². The van der Waals surface area contributed by atoms with Crippen molar-refractivity contribution in [2.45, 2.75) is 0 Å². The molecule has 0 bridgehead atoms. The molecule has 0 atom stereocenters. The Kier molecular flexibility index (Phi) is 6.34. The van der Waals surface area contributed by atoms with Crippen LogP contribution in [0, 0.1) is 0 Å². The van der Waals surface area contributed by atoms with Gasteiger partial charge in [-0.15, -0.1) is 5.10 Å². The van der Waals surface area contributed by atoms with Gasteiger partial charge in [0, 0.05) is 24.2 Å². The average Bonchev–Trinajstić information content (AvgIpc) is 3.10. The van der Waals surface area contributed by atoms with E-state index >= 15 is 0 Å². The number of aromatic nitrogens is 3. The Morgan fingerprint density at radius 1 is 1.11 bits per heavy atom. The normalized spacial score (nSPS) is 10.8. The van der Waals surface area contributed by atoms with Gasteiger partial charge in [-0.3, -0.25) is 4.79 Å². The number of hydrogen-bond acceptors (Lipinski definition) is 4. The molecule has 0 fully saturated rings. The molecule has 0 spiro atoms. The summed E-state index contributed by atoms with van der Waals surface area (Å²) in [6, 6.07) is 12.1. The van der Waals surface area contributed by atoms with Gasteiger partial charge >= 0.3 is 0 Å². The zero-order chi connectivity index (χ0) is 19.4. The molecule has 1 heterocycles. The predicted molar refractivity (Wildman–Crippen MR) is 106 cm³/mol. The van der Waals surface area contributed by atoms with Gasteiger partial charge in [-0.25, -0.2) is 9.67 Å². The molecule has 0 saturated heterocycles. The number of nitrogens with zero attached hydrogens (tertiary/aromatic N) is 3. The van der Waals surface area contributed by atoms with Crippen LogP contribution in [0.4, 0.5) is 0 Å². The second-order valence-electron chi connectivity index (χ2n) is 5.52. The average molecular weight is 426 g/mol. The van der Waals surface area contributed by atoms with E-state index in [4.69, 9.17) is 39.5 Å². The molecule has 0 aliphatic carbocycles. The molecular formula is C18H15Cl3N4O2. The van der Waals surface area contributed by atoms with E-state index in [0.29, 0.717) is 39.7 Å². The van der Waals surface area contributed by atoms with Gasteiger partial charge < -0.3 is 10.1 Å². The summed E-state index contributed by atoms with van der Waals surface area (Å²) in [7, 11) is 1.56. The third-order valence-corrected chi connectivity index (χ3v) is 4.64. The molecule has 0 aliphatic heterocycles. The van der Waals surface area contributed by atoms with Gasteiger partial charge in [0.2, 0.25) is 5.82 Å². The number of rotatable bonds is 6. The molecule has 9 heteroatoms. The Balaban J connectivity index is 2.04. The van der Waals surface area contributed by atoms with Gasteiger partial charge in [0.25, 0.3) is 5.91 Å². The molecule has 1 aromatic heterocycles. The molecule has 2 aromatic carbocycles. The van der Waals surface area contributed by atoms with Crippen molar-refractivity contribution >= 4 is 40.7 Å². The van der Waals surface area contributed by atoms with Gasteiger partial charge in [-0.05, 0) is 42.5 Å². The Bertz CT molecular complexity index is 958. The van der Waals surface area contributed by atoms with Gasteiger partial charge in [-0.1, -0.05) is 34.8 Å². The van der Waals surface area contributed by atoms with Crippen molar-refractivity contribution in [3.05, 3.63) is 63.4 Å².